The lowest BCUT2D eigenvalue weighted by Gasteiger charge is -2.05. The van der Waals surface area contributed by atoms with E-state index >= 15 is 0 Å². The van der Waals surface area contributed by atoms with Gasteiger partial charge in [0.2, 0.25) is 0 Å². The number of hydrogen-bond donors (Lipinski definition) is 2. The largest absolute Gasteiger partial charge is 0.481 e. The Kier molecular flexibility index (Phi) is 4.19. The number of hydrogen-bond acceptors (Lipinski definition) is 4. The second-order valence-electron chi connectivity index (χ2n) is 3.28. The lowest BCUT2D eigenvalue weighted by Crippen LogP contribution is -2.21. The first-order chi connectivity index (χ1) is 7.54. The van der Waals surface area contributed by atoms with Gasteiger partial charge in [-0.15, -0.1) is 0 Å². The lowest BCUT2D eigenvalue weighted by atomic mass is 10.2. The molecule has 1 aromatic rings. The molecule has 1 rings (SSSR count). The molecule has 0 radical (unpaired) electrons. The van der Waals surface area contributed by atoms with Crippen LogP contribution in [-0.2, 0) is 22.6 Å². The number of rotatable bonds is 5. The van der Waals surface area contributed by atoms with Gasteiger partial charge < -0.3 is 14.8 Å². The normalized spacial score (nSPS) is 10.4. The van der Waals surface area contributed by atoms with Crippen LogP contribution in [0.1, 0.15) is 24.0 Å². The van der Waals surface area contributed by atoms with Crippen molar-refractivity contribution in [3.63, 3.8) is 0 Å². The second kappa shape index (κ2) is 5.41. The van der Waals surface area contributed by atoms with Gasteiger partial charge in [0.1, 0.15) is 12.4 Å². The van der Waals surface area contributed by atoms with E-state index in [9.17, 15) is 9.59 Å². The third-order valence-electron chi connectivity index (χ3n) is 2.04. The highest BCUT2D eigenvalue weighted by Gasteiger charge is 2.11. The maximum atomic E-state index is 11.5. The highest BCUT2D eigenvalue weighted by atomic mass is 16.5. The van der Waals surface area contributed by atoms with Crippen molar-refractivity contribution in [1.29, 1.82) is 0 Å². The van der Waals surface area contributed by atoms with Crippen molar-refractivity contribution in [2.75, 3.05) is 6.61 Å². The average molecular weight is 226 g/mol. The maximum Gasteiger partial charge on any atom is 0.308 e. The molecule has 0 aromatic carbocycles. The number of nitrogens with zero attached hydrogens (tertiary/aromatic N) is 1. The molecular formula is C10H14N2O4. The monoisotopic (exact) mass is 226 g/mol. The SMILES string of the molecule is CCOCc1nc(C)c(CC(=O)O)c(=O)[nH]1. The van der Waals surface area contributed by atoms with E-state index < -0.39 is 11.5 Å². The van der Waals surface area contributed by atoms with E-state index in [1.165, 1.54) is 0 Å². The molecule has 0 bridgehead atoms. The number of aromatic amines is 1. The first-order valence-corrected chi connectivity index (χ1v) is 4.92. The zero-order valence-corrected chi connectivity index (χ0v) is 9.24. The molecule has 16 heavy (non-hydrogen) atoms. The summed E-state index contributed by atoms with van der Waals surface area (Å²) in [5, 5.41) is 8.62. The van der Waals surface area contributed by atoms with Gasteiger partial charge in [-0.3, -0.25) is 9.59 Å². The summed E-state index contributed by atoms with van der Waals surface area (Å²) in [4.78, 5) is 28.7. The molecule has 88 valence electrons. The second-order valence-corrected chi connectivity index (χ2v) is 3.28. The van der Waals surface area contributed by atoms with Crippen LogP contribution in [-0.4, -0.2) is 27.7 Å². The van der Waals surface area contributed by atoms with Crippen molar-refractivity contribution >= 4 is 5.97 Å². The van der Waals surface area contributed by atoms with Crippen LogP contribution in [0.15, 0.2) is 4.79 Å². The van der Waals surface area contributed by atoms with Gasteiger partial charge in [0, 0.05) is 17.9 Å². The molecule has 0 unspecified atom stereocenters. The molecule has 0 spiro atoms. The Labute approximate surface area is 92.3 Å². The minimum Gasteiger partial charge on any atom is -0.481 e. The van der Waals surface area contributed by atoms with Crippen molar-refractivity contribution < 1.29 is 14.6 Å². The summed E-state index contributed by atoms with van der Waals surface area (Å²) in [5.74, 6) is -0.633. The van der Waals surface area contributed by atoms with Crippen LogP contribution >= 0.6 is 0 Å². The van der Waals surface area contributed by atoms with Gasteiger partial charge >= 0.3 is 5.97 Å². The standard InChI is InChI=1S/C10H14N2O4/c1-3-16-5-8-11-6(2)7(4-9(13)14)10(15)12-8/h3-5H2,1-2H3,(H,13,14)(H,11,12,15). The minimum absolute atomic E-state index is 0.188. The molecule has 0 amide bonds. The van der Waals surface area contributed by atoms with Gasteiger partial charge in [0.15, 0.2) is 0 Å². The van der Waals surface area contributed by atoms with Gasteiger partial charge in [-0.05, 0) is 13.8 Å². The Hall–Kier alpha value is -1.69. The van der Waals surface area contributed by atoms with Gasteiger partial charge in [-0.2, -0.15) is 0 Å². The molecule has 0 saturated heterocycles. The summed E-state index contributed by atoms with van der Waals surface area (Å²) in [6, 6.07) is 0. The van der Waals surface area contributed by atoms with Crippen LogP contribution < -0.4 is 5.56 Å². The summed E-state index contributed by atoms with van der Waals surface area (Å²) >= 11 is 0. The van der Waals surface area contributed by atoms with Crippen molar-refractivity contribution in [2.24, 2.45) is 0 Å². The van der Waals surface area contributed by atoms with E-state index in [0.717, 1.165) is 0 Å². The Balaban J connectivity index is 2.98. The molecule has 6 nitrogen and oxygen atoms in total. The van der Waals surface area contributed by atoms with E-state index in [1.807, 2.05) is 6.92 Å². The fourth-order valence-corrected chi connectivity index (χ4v) is 1.30. The molecule has 0 saturated carbocycles. The predicted octanol–water partition coefficient (Wildman–Crippen LogP) is 0.242. The van der Waals surface area contributed by atoms with Crippen LogP contribution in [0.2, 0.25) is 0 Å². The topological polar surface area (TPSA) is 92.3 Å². The molecule has 2 N–H and O–H groups in total. The van der Waals surface area contributed by atoms with Crippen LogP contribution in [0.5, 0.6) is 0 Å². The van der Waals surface area contributed by atoms with Gasteiger partial charge in [-0.25, -0.2) is 4.98 Å². The zero-order chi connectivity index (χ0) is 12.1. The van der Waals surface area contributed by atoms with Crippen molar-refractivity contribution in [1.82, 2.24) is 9.97 Å². The number of H-pyrrole nitrogens is 1. The predicted molar refractivity (Wildman–Crippen MR) is 56.3 cm³/mol. The number of ether oxygens (including phenoxy) is 1. The van der Waals surface area contributed by atoms with E-state index in [4.69, 9.17) is 9.84 Å². The Bertz CT molecular complexity index is 439. The van der Waals surface area contributed by atoms with Crippen molar-refractivity contribution in [3.8, 4) is 0 Å². The van der Waals surface area contributed by atoms with E-state index in [2.05, 4.69) is 9.97 Å². The summed E-state index contributed by atoms with van der Waals surface area (Å²) in [6.45, 7) is 4.20. The Morgan fingerprint density at radius 3 is 2.75 bits per heavy atom. The molecular weight excluding hydrogens is 212 g/mol. The number of carboxylic acids is 1. The number of aliphatic carboxylic acids is 1. The number of nitrogens with one attached hydrogen (secondary N) is 1. The van der Waals surface area contributed by atoms with Gasteiger partial charge in [0.05, 0.1) is 6.42 Å². The first-order valence-electron chi connectivity index (χ1n) is 4.92. The highest BCUT2D eigenvalue weighted by Crippen LogP contribution is 2.01. The molecule has 6 heteroatoms. The lowest BCUT2D eigenvalue weighted by molar-refractivity contribution is -0.136. The number of aromatic nitrogens is 2. The Morgan fingerprint density at radius 2 is 2.25 bits per heavy atom. The molecule has 0 fully saturated rings. The molecule has 0 atom stereocenters. The Morgan fingerprint density at radius 1 is 1.56 bits per heavy atom. The smallest absolute Gasteiger partial charge is 0.308 e. The molecule has 1 aromatic heterocycles. The molecule has 1 heterocycles. The van der Waals surface area contributed by atoms with Crippen LogP contribution in [0, 0.1) is 6.92 Å². The van der Waals surface area contributed by atoms with E-state index in [1.54, 1.807) is 6.92 Å². The van der Waals surface area contributed by atoms with Crippen LogP contribution in [0.4, 0.5) is 0 Å². The van der Waals surface area contributed by atoms with Crippen LogP contribution in [0.3, 0.4) is 0 Å². The number of carbonyl (C=O) groups is 1. The zero-order valence-electron chi connectivity index (χ0n) is 9.24. The molecule has 0 aliphatic heterocycles. The quantitative estimate of drug-likeness (QED) is 0.750. The fraction of sp³-hybridized carbons (Fsp3) is 0.500. The van der Waals surface area contributed by atoms with Crippen molar-refractivity contribution in [2.45, 2.75) is 26.9 Å². The van der Waals surface area contributed by atoms with E-state index in [-0.39, 0.29) is 18.6 Å². The summed E-state index contributed by atoms with van der Waals surface area (Å²) in [5.41, 5.74) is 0.207. The average Bonchev–Trinajstić information content (AvgIpc) is 2.20. The van der Waals surface area contributed by atoms with E-state index in [0.29, 0.717) is 18.1 Å². The third kappa shape index (κ3) is 3.16. The van der Waals surface area contributed by atoms with Crippen LogP contribution in [0.25, 0.3) is 0 Å². The first kappa shape index (κ1) is 12.4. The molecule has 0 aliphatic rings. The fourth-order valence-electron chi connectivity index (χ4n) is 1.30. The van der Waals surface area contributed by atoms with Gasteiger partial charge in [0.25, 0.3) is 5.56 Å². The number of aryl methyl sites for hydroxylation is 1. The third-order valence-corrected chi connectivity index (χ3v) is 2.04. The number of carboxylic acid groups (broad SMARTS) is 1. The van der Waals surface area contributed by atoms with Gasteiger partial charge in [-0.1, -0.05) is 0 Å². The van der Waals surface area contributed by atoms with Crippen molar-refractivity contribution in [3.05, 3.63) is 27.4 Å². The summed E-state index contributed by atoms with van der Waals surface area (Å²) < 4.78 is 5.10. The maximum absolute atomic E-state index is 11.5. The summed E-state index contributed by atoms with van der Waals surface area (Å²) in [7, 11) is 0. The minimum atomic E-state index is -1.05. The highest BCUT2D eigenvalue weighted by molar-refractivity contribution is 5.70. The molecule has 0 aliphatic carbocycles. The summed E-state index contributed by atoms with van der Waals surface area (Å²) in [6.07, 6.45) is -0.316.